The number of ether oxygens (including phenoxy) is 4. The monoisotopic (exact) mass is 586 g/mol. The number of benzene rings is 2. The lowest BCUT2D eigenvalue weighted by Gasteiger charge is -2.39. The molecule has 4 atom stereocenters. The largest absolute Gasteiger partial charge is 0.457 e. The van der Waals surface area contributed by atoms with Crippen LogP contribution in [-0.4, -0.2) is 73.2 Å². The Bertz CT molecular complexity index is 1350. The second-order valence-electron chi connectivity index (χ2n) is 8.78. The van der Waals surface area contributed by atoms with Crippen LogP contribution in [0.3, 0.4) is 0 Å². The van der Waals surface area contributed by atoms with Crippen molar-refractivity contribution in [3.63, 3.8) is 0 Å². The van der Waals surface area contributed by atoms with Gasteiger partial charge in [-0.25, -0.2) is 0 Å². The third-order valence-corrected chi connectivity index (χ3v) is 8.20. The minimum absolute atomic E-state index is 0.0896. The average Bonchev–Trinajstić information content (AvgIpc) is 2.86. The molecule has 0 spiro atoms. The maximum Gasteiger partial charge on any atom is 0.303 e. The summed E-state index contributed by atoms with van der Waals surface area (Å²) >= 11 is 0. The van der Waals surface area contributed by atoms with Gasteiger partial charge in [-0.3, -0.25) is 18.0 Å². The highest BCUT2D eigenvalue weighted by molar-refractivity contribution is 7.87. The summed E-state index contributed by atoms with van der Waals surface area (Å²) in [4.78, 5) is 23.5. The summed E-state index contributed by atoms with van der Waals surface area (Å²) in [5.74, 6) is -1.57. The lowest BCUT2D eigenvalue weighted by molar-refractivity contribution is -0.265. The Morgan fingerprint density at radius 3 is 1.82 bits per heavy atom. The maximum atomic E-state index is 12.7. The van der Waals surface area contributed by atoms with Crippen LogP contribution in [0.2, 0.25) is 0 Å². The molecule has 1 aliphatic heterocycles. The van der Waals surface area contributed by atoms with E-state index in [1.54, 1.807) is 38.1 Å². The second-order valence-corrected chi connectivity index (χ2v) is 12.0. The van der Waals surface area contributed by atoms with Crippen LogP contribution in [0, 0.1) is 13.8 Å². The van der Waals surface area contributed by atoms with Gasteiger partial charge in [-0.15, -0.1) is 0 Å². The molecule has 0 amide bonds. The van der Waals surface area contributed by atoms with Crippen molar-refractivity contribution in [1.29, 1.82) is 0 Å². The molecule has 14 heteroatoms. The second kappa shape index (κ2) is 13.0. The van der Waals surface area contributed by atoms with Gasteiger partial charge in [0.05, 0.1) is 16.4 Å². The van der Waals surface area contributed by atoms with Crippen molar-refractivity contribution in [2.45, 2.75) is 61.9 Å². The molecule has 2 aromatic rings. The molecule has 3 rings (SSSR count). The van der Waals surface area contributed by atoms with Crippen molar-refractivity contribution < 1.29 is 53.7 Å². The standard InChI is InChI=1S/C25H30O12S2/c1-16-5-9-20(10-6-16)38(28,29)34-13-22-25(37-19(4)27)24(33-15-32-22)23(36-18(3)26)14-35-39(30,31)21-11-7-17(2)8-12-21/h5-12,22-25H,13-15H2,1-4H3. The number of hydrogen-bond acceptors (Lipinski definition) is 12. The third kappa shape index (κ3) is 8.55. The first-order valence-electron chi connectivity index (χ1n) is 11.8. The molecule has 1 fully saturated rings. The molecule has 0 bridgehead atoms. The van der Waals surface area contributed by atoms with Gasteiger partial charge in [0, 0.05) is 13.8 Å². The topological polar surface area (TPSA) is 158 Å². The fourth-order valence-electron chi connectivity index (χ4n) is 3.67. The summed E-state index contributed by atoms with van der Waals surface area (Å²) in [6.07, 6.45) is -5.19. The molecule has 39 heavy (non-hydrogen) atoms. The van der Waals surface area contributed by atoms with Crippen molar-refractivity contribution >= 4 is 32.2 Å². The molecule has 214 valence electrons. The van der Waals surface area contributed by atoms with Crippen molar-refractivity contribution in [2.75, 3.05) is 20.0 Å². The Hall–Kier alpha value is -2.88. The fourth-order valence-corrected chi connectivity index (χ4v) is 5.51. The van der Waals surface area contributed by atoms with Crippen LogP contribution in [-0.2, 0) is 57.1 Å². The van der Waals surface area contributed by atoms with E-state index in [1.165, 1.54) is 24.3 Å². The van der Waals surface area contributed by atoms with E-state index in [0.717, 1.165) is 25.0 Å². The van der Waals surface area contributed by atoms with Crippen LogP contribution in [0.15, 0.2) is 58.3 Å². The SMILES string of the molecule is CC(=O)OC(COS(=O)(=O)c1ccc(C)cc1)C1OCOC(COS(=O)(=O)c2ccc(C)cc2)C1OC(C)=O. The number of aryl methyl sites for hydroxylation is 2. The van der Waals surface area contributed by atoms with Crippen LogP contribution in [0.25, 0.3) is 0 Å². The lowest BCUT2D eigenvalue weighted by atomic mass is 10.0. The lowest BCUT2D eigenvalue weighted by Crippen LogP contribution is -2.57. The highest BCUT2D eigenvalue weighted by Gasteiger charge is 2.45. The molecular formula is C25H30O12S2. The van der Waals surface area contributed by atoms with Crippen molar-refractivity contribution in [3.8, 4) is 0 Å². The molecule has 1 saturated heterocycles. The van der Waals surface area contributed by atoms with Gasteiger partial charge in [-0.2, -0.15) is 16.8 Å². The van der Waals surface area contributed by atoms with Gasteiger partial charge in [0.25, 0.3) is 20.2 Å². The van der Waals surface area contributed by atoms with E-state index in [2.05, 4.69) is 0 Å². The molecule has 4 unspecified atom stereocenters. The summed E-state index contributed by atoms with van der Waals surface area (Å²) < 4.78 is 82.7. The van der Waals surface area contributed by atoms with Gasteiger partial charge in [-0.05, 0) is 38.1 Å². The molecule has 12 nitrogen and oxygen atoms in total. The Morgan fingerprint density at radius 2 is 1.33 bits per heavy atom. The van der Waals surface area contributed by atoms with E-state index in [-0.39, 0.29) is 9.79 Å². The molecule has 0 N–H and O–H groups in total. The highest BCUT2D eigenvalue weighted by atomic mass is 32.2. The van der Waals surface area contributed by atoms with Gasteiger partial charge in [0.1, 0.15) is 25.6 Å². The van der Waals surface area contributed by atoms with Crippen LogP contribution in [0.4, 0.5) is 0 Å². The zero-order valence-electron chi connectivity index (χ0n) is 21.8. The van der Waals surface area contributed by atoms with E-state index >= 15 is 0 Å². The first kappa shape index (κ1) is 30.7. The smallest absolute Gasteiger partial charge is 0.303 e. The molecule has 0 aromatic heterocycles. The predicted molar refractivity (Wildman–Crippen MR) is 134 cm³/mol. The minimum Gasteiger partial charge on any atom is -0.457 e. The van der Waals surface area contributed by atoms with Gasteiger partial charge < -0.3 is 18.9 Å². The third-order valence-electron chi connectivity index (χ3n) is 5.61. The highest BCUT2D eigenvalue weighted by Crippen LogP contribution is 2.26. The number of hydrogen-bond donors (Lipinski definition) is 0. The Morgan fingerprint density at radius 1 is 0.821 bits per heavy atom. The van der Waals surface area contributed by atoms with E-state index < -0.39 is 76.6 Å². The Kier molecular flexibility index (Phi) is 10.2. The molecule has 0 saturated carbocycles. The van der Waals surface area contributed by atoms with Gasteiger partial charge in [0.15, 0.2) is 12.2 Å². The molecule has 1 aliphatic rings. The average molecular weight is 587 g/mol. The first-order chi connectivity index (χ1) is 18.3. The summed E-state index contributed by atoms with van der Waals surface area (Å²) in [5.41, 5.74) is 1.69. The van der Waals surface area contributed by atoms with E-state index in [0.29, 0.717) is 0 Å². The maximum absolute atomic E-state index is 12.7. The van der Waals surface area contributed by atoms with Gasteiger partial charge >= 0.3 is 11.9 Å². The van der Waals surface area contributed by atoms with Crippen molar-refractivity contribution in [1.82, 2.24) is 0 Å². The van der Waals surface area contributed by atoms with E-state index in [1.807, 2.05) is 0 Å². The number of rotatable bonds is 11. The van der Waals surface area contributed by atoms with E-state index in [4.69, 9.17) is 27.3 Å². The summed E-state index contributed by atoms with van der Waals surface area (Å²) in [5, 5.41) is 0. The van der Waals surface area contributed by atoms with Crippen LogP contribution in [0.5, 0.6) is 0 Å². The molecular weight excluding hydrogens is 556 g/mol. The fraction of sp³-hybridized carbons (Fsp3) is 0.440. The van der Waals surface area contributed by atoms with Crippen molar-refractivity contribution in [3.05, 3.63) is 59.7 Å². The zero-order valence-corrected chi connectivity index (χ0v) is 23.4. The van der Waals surface area contributed by atoms with Crippen LogP contribution < -0.4 is 0 Å². The van der Waals surface area contributed by atoms with E-state index in [9.17, 15) is 26.4 Å². The van der Waals surface area contributed by atoms with Gasteiger partial charge in [0.2, 0.25) is 0 Å². The van der Waals surface area contributed by atoms with Crippen molar-refractivity contribution in [2.24, 2.45) is 0 Å². The molecule has 0 radical (unpaired) electrons. The molecule has 1 heterocycles. The first-order valence-corrected chi connectivity index (χ1v) is 14.6. The number of carbonyl (C=O) groups excluding carboxylic acids is 2. The normalized spacial score (nSPS) is 20.7. The van der Waals surface area contributed by atoms with Crippen LogP contribution >= 0.6 is 0 Å². The summed E-state index contributed by atoms with van der Waals surface area (Å²) in [7, 11) is -8.45. The summed E-state index contributed by atoms with van der Waals surface area (Å²) in [6, 6.07) is 11.9. The number of carbonyl (C=O) groups is 2. The number of esters is 2. The molecule has 2 aromatic carbocycles. The summed E-state index contributed by atoms with van der Waals surface area (Å²) in [6.45, 7) is 4.09. The van der Waals surface area contributed by atoms with Gasteiger partial charge in [-0.1, -0.05) is 35.4 Å². The Balaban J connectivity index is 1.80. The minimum atomic E-state index is -4.25. The van der Waals surface area contributed by atoms with Crippen LogP contribution in [0.1, 0.15) is 25.0 Å². The molecule has 0 aliphatic carbocycles. The predicted octanol–water partition coefficient (Wildman–Crippen LogP) is 2.02. The Labute approximate surface area is 227 Å². The quantitative estimate of drug-likeness (QED) is 0.279. The zero-order chi connectivity index (χ0) is 28.8.